The summed E-state index contributed by atoms with van der Waals surface area (Å²) in [7, 11) is 1.99. The Bertz CT molecular complexity index is 711. The fourth-order valence-electron chi connectivity index (χ4n) is 2.80. The summed E-state index contributed by atoms with van der Waals surface area (Å²) in [4.78, 5) is 30.1. The van der Waals surface area contributed by atoms with Crippen molar-refractivity contribution in [2.24, 2.45) is 0 Å². The lowest BCUT2D eigenvalue weighted by Crippen LogP contribution is -2.35. The molecule has 0 aliphatic carbocycles. The highest BCUT2D eigenvalue weighted by molar-refractivity contribution is 5.94. The standard InChI is InChI=1S/C19H24F3N3O3/c1-12(18(27)28-15-6-8-25(3)9-7-15)10-17(26)24-13(2)16-5-4-14(11-23-16)19(20,21)22/h4-5,11,13,15H,1,6-10H2,2-3H3,(H,24,26)/t13-/m0/s1. The lowest BCUT2D eigenvalue weighted by atomic mass is 10.1. The van der Waals surface area contributed by atoms with E-state index in [0.29, 0.717) is 0 Å². The lowest BCUT2D eigenvalue weighted by Gasteiger charge is -2.28. The van der Waals surface area contributed by atoms with Crippen molar-refractivity contribution in [3.63, 3.8) is 0 Å². The zero-order valence-corrected chi connectivity index (χ0v) is 15.9. The molecule has 1 amide bonds. The lowest BCUT2D eigenvalue weighted by molar-refractivity contribution is -0.147. The van der Waals surface area contributed by atoms with Gasteiger partial charge in [0.15, 0.2) is 0 Å². The Kier molecular flexibility index (Phi) is 7.17. The second-order valence-corrected chi connectivity index (χ2v) is 6.95. The molecule has 2 rings (SSSR count). The molecule has 1 N–H and O–H groups in total. The molecule has 1 fully saturated rings. The van der Waals surface area contributed by atoms with Gasteiger partial charge in [-0.15, -0.1) is 0 Å². The van der Waals surface area contributed by atoms with Gasteiger partial charge in [0.25, 0.3) is 0 Å². The molecule has 2 heterocycles. The van der Waals surface area contributed by atoms with Gasteiger partial charge in [0, 0.05) is 24.9 Å². The van der Waals surface area contributed by atoms with Crippen LogP contribution >= 0.6 is 0 Å². The first-order valence-corrected chi connectivity index (χ1v) is 8.96. The third-order valence-corrected chi connectivity index (χ3v) is 4.54. The highest BCUT2D eigenvalue weighted by Crippen LogP contribution is 2.28. The van der Waals surface area contributed by atoms with Gasteiger partial charge in [0.05, 0.1) is 23.7 Å². The van der Waals surface area contributed by atoms with Crippen LogP contribution in [0.4, 0.5) is 13.2 Å². The quantitative estimate of drug-likeness (QED) is 0.588. The number of halogens is 3. The van der Waals surface area contributed by atoms with E-state index in [1.165, 1.54) is 6.07 Å². The first-order valence-electron chi connectivity index (χ1n) is 8.96. The molecule has 1 atom stereocenters. The number of amides is 1. The van der Waals surface area contributed by atoms with Crippen LogP contribution < -0.4 is 5.32 Å². The number of rotatable bonds is 6. The number of hydrogen-bond acceptors (Lipinski definition) is 5. The van der Waals surface area contributed by atoms with Crippen LogP contribution in [0.25, 0.3) is 0 Å². The third kappa shape index (κ3) is 6.33. The van der Waals surface area contributed by atoms with E-state index in [2.05, 4.69) is 21.8 Å². The van der Waals surface area contributed by atoms with Crippen LogP contribution in [0.2, 0.25) is 0 Å². The largest absolute Gasteiger partial charge is 0.459 e. The summed E-state index contributed by atoms with van der Waals surface area (Å²) in [6.45, 7) is 6.87. The van der Waals surface area contributed by atoms with Crippen LogP contribution in [-0.2, 0) is 20.5 Å². The van der Waals surface area contributed by atoms with Crippen molar-refractivity contribution in [2.75, 3.05) is 20.1 Å². The van der Waals surface area contributed by atoms with E-state index in [4.69, 9.17) is 4.74 Å². The molecule has 0 spiro atoms. The Morgan fingerprint density at radius 3 is 2.54 bits per heavy atom. The van der Waals surface area contributed by atoms with Gasteiger partial charge in [-0.3, -0.25) is 9.78 Å². The summed E-state index contributed by atoms with van der Waals surface area (Å²) < 4.78 is 43.1. The monoisotopic (exact) mass is 399 g/mol. The number of carbonyl (C=O) groups excluding carboxylic acids is 2. The zero-order valence-electron chi connectivity index (χ0n) is 15.9. The van der Waals surface area contributed by atoms with Crippen molar-refractivity contribution in [2.45, 2.75) is 44.5 Å². The Morgan fingerprint density at radius 2 is 2.00 bits per heavy atom. The van der Waals surface area contributed by atoms with Crippen LogP contribution in [0, 0.1) is 0 Å². The minimum absolute atomic E-state index is 0.0315. The number of ether oxygens (including phenoxy) is 1. The molecular formula is C19H24F3N3O3. The van der Waals surface area contributed by atoms with Gasteiger partial charge in [0.1, 0.15) is 6.10 Å². The summed E-state index contributed by atoms with van der Waals surface area (Å²) in [6.07, 6.45) is -2.72. The van der Waals surface area contributed by atoms with Crippen LogP contribution in [-0.4, -0.2) is 48.0 Å². The molecule has 28 heavy (non-hydrogen) atoms. The number of alkyl halides is 3. The Labute approximate surface area is 161 Å². The van der Waals surface area contributed by atoms with E-state index in [0.717, 1.165) is 38.2 Å². The number of aromatic nitrogens is 1. The average molecular weight is 399 g/mol. The Hall–Kier alpha value is -2.42. The molecule has 1 aromatic heterocycles. The average Bonchev–Trinajstić information content (AvgIpc) is 2.62. The molecule has 1 saturated heterocycles. The van der Waals surface area contributed by atoms with Crippen molar-refractivity contribution in [3.8, 4) is 0 Å². The SMILES string of the molecule is C=C(CC(=O)N[C@@H](C)c1ccc(C(F)(F)F)cn1)C(=O)OC1CCN(C)CC1. The molecular weight excluding hydrogens is 375 g/mol. The topological polar surface area (TPSA) is 71.5 Å². The van der Waals surface area contributed by atoms with Gasteiger partial charge in [-0.1, -0.05) is 6.58 Å². The van der Waals surface area contributed by atoms with Crippen molar-refractivity contribution < 1.29 is 27.5 Å². The maximum atomic E-state index is 12.6. The number of esters is 1. The van der Waals surface area contributed by atoms with Gasteiger partial charge < -0.3 is 15.0 Å². The summed E-state index contributed by atoms with van der Waals surface area (Å²) in [6, 6.07) is 1.49. The van der Waals surface area contributed by atoms with E-state index >= 15 is 0 Å². The Balaban J connectivity index is 1.81. The van der Waals surface area contributed by atoms with E-state index in [1.807, 2.05) is 7.05 Å². The Morgan fingerprint density at radius 1 is 1.36 bits per heavy atom. The molecule has 0 aromatic carbocycles. The van der Waals surface area contributed by atoms with Crippen molar-refractivity contribution in [1.29, 1.82) is 0 Å². The summed E-state index contributed by atoms with van der Waals surface area (Å²) in [5.74, 6) is -1.09. The minimum Gasteiger partial charge on any atom is -0.459 e. The predicted octanol–water partition coefficient (Wildman–Crippen LogP) is 2.86. The molecule has 1 aromatic rings. The highest BCUT2D eigenvalue weighted by atomic mass is 19.4. The number of nitrogens with zero attached hydrogens (tertiary/aromatic N) is 2. The molecule has 154 valence electrons. The normalized spacial score (nSPS) is 17.0. The second kappa shape index (κ2) is 9.18. The van der Waals surface area contributed by atoms with E-state index in [9.17, 15) is 22.8 Å². The molecule has 1 aliphatic rings. The maximum Gasteiger partial charge on any atom is 0.417 e. The number of piperidine rings is 1. The predicted molar refractivity (Wildman–Crippen MR) is 96.2 cm³/mol. The fraction of sp³-hybridized carbons (Fsp3) is 0.526. The summed E-state index contributed by atoms with van der Waals surface area (Å²) >= 11 is 0. The number of carbonyl (C=O) groups is 2. The van der Waals surface area contributed by atoms with E-state index < -0.39 is 29.7 Å². The highest BCUT2D eigenvalue weighted by Gasteiger charge is 2.31. The van der Waals surface area contributed by atoms with Gasteiger partial charge in [-0.05, 0) is 38.9 Å². The van der Waals surface area contributed by atoms with Gasteiger partial charge in [0.2, 0.25) is 5.91 Å². The van der Waals surface area contributed by atoms with E-state index in [-0.39, 0.29) is 23.8 Å². The minimum atomic E-state index is -4.47. The summed E-state index contributed by atoms with van der Waals surface area (Å²) in [5.41, 5.74) is -0.551. The van der Waals surface area contributed by atoms with Gasteiger partial charge in [-0.25, -0.2) is 4.79 Å². The van der Waals surface area contributed by atoms with Crippen LogP contribution in [0.15, 0.2) is 30.5 Å². The van der Waals surface area contributed by atoms with Gasteiger partial charge in [-0.2, -0.15) is 13.2 Å². The van der Waals surface area contributed by atoms with Crippen molar-refractivity contribution in [1.82, 2.24) is 15.2 Å². The molecule has 6 nitrogen and oxygen atoms in total. The number of nitrogens with one attached hydrogen (secondary N) is 1. The van der Waals surface area contributed by atoms with Crippen molar-refractivity contribution in [3.05, 3.63) is 41.7 Å². The molecule has 9 heteroatoms. The molecule has 1 aliphatic heterocycles. The van der Waals surface area contributed by atoms with Gasteiger partial charge >= 0.3 is 12.1 Å². The fourth-order valence-corrected chi connectivity index (χ4v) is 2.80. The molecule has 0 radical (unpaired) electrons. The molecule has 0 saturated carbocycles. The molecule has 0 bridgehead atoms. The number of pyridine rings is 1. The van der Waals surface area contributed by atoms with Crippen LogP contribution in [0.1, 0.15) is 43.5 Å². The second-order valence-electron chi connectivity index (χ2n) is 6.95. The molecule has 0 unspecified atom stereocenters. The van der Waals surface area contributed by atoms with Crippen LogP contribution in [0.5, 0.6) is 0 Å². The first-order chi connectivity index (χ1) is 13.1. The number of hydrogen-bond donors (Lipinski definition) is 1. The van der Waals surface area contributed by atoms with Crippen LogP contribution in [0.3, 0.4) is 0 Å². The zero-order chi connectivity index (χ0) is 20.9. The summed E-state index contributed by atoms with van der Waals surface area (Å²) in [5, 5.41) is 2.59. The number of likely N-dealkylation sites (tertiary alicyclic amines) is 1. The first kappa shape index (κ1) is 21.9. The van der Waals surface area contributed by atoms with E-state index in [1.54, 1.807) is 6.92 Å². The third-order valence-electron chi connectivity index (χ3n) is 4.54. The smallest absolute Gasteiger partial charge is 0.417 e. The maximum absolute atomic E-state index is 12.6. The van der Waals surface area contributed by atoms with Crippen molar-refractivity contribution >= 4 is 11.9 Å².